The van der Waals surface area contributed by atoms with Crippen molar-refractivity contribution in [2.75, 3.05) is 47.5 Å². The van der Waals surface area contributed by atoms with Crippen molar-refractivity contribution >= 4 is 17.9 Å². The molecule has 0 fully saturated rings. The van der Waals surface area contributed by atoms with E-state index in [1.54, 1.807) is 0 Å². The molecule has 0 aromatic heterocycles. The number of hydrogen-bond donors (Lipinski definition) is 0. The van der Waals surface area contributed by atoms with E-state index in [0.717, 1.165) is 83.5 Å². The number of hydrogen-bond acceptors (Lipinski definition) is 8. The number of carboxylic acid groups (broad SMARTS) is 1. The number of ether oxygens (including phenoxy) is 4. The predicted octanol–water partition coefficient (Wildman–Crippen LogP) is 20.0. The zero-order chi connectivity index (χ0) is 61.9. The average Bonchev–Trinajstić information content (AvgIpc) is 3.48. The number of aliphatic carboxylic acids is 1. The topological polar surface area (TPSA) is 111 Å². The molecule has 0 radical (unpaired) electrons. The monoisotopic (exact) mass is 1180 g/mol. The van der Waals surface area contributed by atoms with E-state index in [2.05, 4.69) is 148 Å². The van der Waals surface area contributed by atoms with Crippen molar-refractivity contribution in [3.8, 4) is 0 Å². The van der Waals surface area contributed by atoms with Gasteiger partial charge in [0, 0.05) is 12.8 Å². The predicted molar refractivity (Wildman–Crippen MR) is 361 cm³/mol. The first kappa shape index (κ1) is 80.4. The number of carbonyl (C=O) groups is 3. The molecule has 0 bridgehead atoms. The summed E-state index contributed by atoms with van der Waals surface area (Å²) in [5.41, 5.74) is 0. The van der Waals surface area contributed by atoms with Gasteiger partial charge in [-0.15, -0.1) is 0 Å². The molecule has 0 aliphatic carbocycles. The molecule has 9 heteroatoms. The van der Waals surface area contributed by atoms with Gasteiger partial charge in [0.1, 0.15) is 13.2 Å². The van der Waals surface area contributed by atoms with Crippen molar-refractivity contribution in [3.63, 3.8) is 0 Å². The van der Waals surface area contributed by atoms with E-state index in [4.69, 9.17) is 18.9 Å². The lowest BCUT2D eigenvalue weighted by Crippen LogP contribution is -2.44. The molecule has 0 heterocycles. The van der Waals surface area contributed by atoms with Gasteiger partial charge in [0.25, 0.3) is 0 Å². The van der Waals surface area contributed by atoms with Crippen molar-refractivity contribution in [3.05, 3.63) is 134 Å². The van der Waals surface area contributed by atoms with E-state index in [0.29, 0.717) is 23.9 Å². The Morgan fingerprint density at radius 1 is 0.365 bits per heavy atom. The van der Waals surface area contributed by atoms with E-state index >= 15 is 0 Å². The van der Waals surface area contributed by atoms with Crippen LogP contribution >= 0.6 is 0 Å². The van der Waals surface area contributed by atoms with Crippen molar-refractivity contribution in [1.29, 1.82) is 0 Å². The lowest BCUT2D eigenvalue weighted by Gasteiger charge is -2.26. The molecule has 0 aliphatic heterocycles. The molecule has 0 N–H and O–H groups in total. The van der Waals surface area contributed by atoms with Crippen LogP contribution in [0, 0.1) is 0 Å². The van der Waals surface area contributed by atoms with Crippen molar-refractivity contribution in [1.82, 2.24) is 0 Å². The lowest BCUT2D eigenvalue weighted by molar-refractivity contribution is -0.870. The van der Waals surface area contributed by atoms with E-state index in [-0.39, 0.29) is 38.6 Å². The van der Waals surface area contributed by atoms with Crippen LogP contribution in [0.15, 0.2) is 134 Å². The van der Waals surface area contributed by atoms with E-state index in [1.165, 1.54) is 148 Å². The Hall–Kier alpha value is -4.57. The largest absolute Gasteiger partial charge is 0.545 e. The first-order chi connectivity index (χ1) is 41.6. The summed E-state index contributed by atoms with van der Waals surface area (Å²) in [4.78, 5) is 37.4. The van der Waals surface area contributed by atoms with Crippen molar-refractivity contribution in [2.24, 2.45) is 0 Å². The quantitative estimate of drug-likeness (QED) is 0.0195. The van der Waals surface area contributed by atoms with Crippen LogP contribution in [0.3, 0.4) is 0 Å². The van der Waals surface area contributed by atoms with Crippen LogP contribution in [0.4, 0.5) is 0 Å². The van der Waals surface area contributed by atoms with E-state index in [1.807, 2.05) is 21.1 Å². The second-order valence-corrected chi connectivity index (χ2v) is 23.7. The third kappa shape index (κ3) is 66.8. The Morgan fingerprint density at radius 3 is 1.04 bits per heavy atom. The van der Waals surface area contributed by atoms with Crippen LogP contribution in [0.1, 0.15) is 271 Å². The van der Waals surface area contributed by atoms with Crippen LogP contribution in [-0.2, 0) is 33.3 Å². The van der Waals surface area contributed by atoms with E-state index < -0.39 is 24.3 Å². The van der Waals surface area contributed by atoms with Crippen molar-refractivity contribution < 1.29 is 42.9 Å². The molecule has 0 aromatic rings. The molecular formula is C76H127NO8. The number of esters is 2. The first-order valence-corrected chi connectivity index (χ1v) is 34.3. The summed E-state index contributed by atoms with van der Waals surface area (Å²) >= 11 is 0. The number of carbonyl (C=O) groups excluding carboxylic acids is 3. The maximum Gasteiger partial charge on any atom is 0.306 e. The number of allylic oxidation sites excluding steroid dienone is 22. The SMILES string of the molecule is CC/C=C\C/C=C\C/C=C\C/C=C\C/C=C\C/C=C\C/C=C\C/C=C\C/C=C\CCCC(=O)OC(COC(=O)CCCCCCCCCCCCCCCCCCCCC/C=C\C/C=C\CCCCCCC)COC(OCC[N+](C)(C)C)C(=O)[O-]. The van der Waals surface area contributed by atoms with Gasteiger partial charge < -0.3 is 33.3 Å². The summed E-state index contributed by atoms with van der Waals surface area (Å²) < 4.78 is 22.7. The second-order valence-electron chi connectivity index (χ2n) is 23.7. The smallest absolute Gasteiger partial charge is 0.306 e. The Morgan fingerprint density at radius 2 is 0.682 bits per heavy atom. The zero-order valence-corrected chi connectivity index (χ0v) is 55.2. The molecule has 85 heavy (non-hydrogen) atoms. The van der Waals surface area contributed by atoms with Crippen LogP contribution in [0.25, 0.3) is 0 Å². The highest BCUT2D eigenvalue weighted by Gasteiger charge is 2.22. The highest BCUT2D eigenvalue weighted by atomic mass is 16.7. The number of nitrogens with zero attached hydrogens (tertiary/aromatic N) is 1. The summed E-state index contributed by atoms with van der Waals surface area (Å²) in [6, 6.07) is 0. The Kier molecular flexibility index (Phi) is 61.9. The molecule has 2 unspecified atom stereocenters. The standard InChI is InChI=1S/C76H127NO8/c1-6-8-10-12-14-16-18-20-22-24-26-28-30-32-34-36-37-39-40-42-44-46-48-50-52-54-56-58-60-62-64-66-73(78)83-70-72(71-84-76(75(80)81)82-69-68-77(3,4)5)85-74(79)67-65-63-61-59-57-55-53-51-49-47-45-43-41-38-35-33-31-29-27-25-23-21-19-17-15-13-11-9-7-2/h9,11,15,17-18,20-21,23-24,26-27,29,33,35,41,43,47,49,53,55,59,61,72,76H,6-8,10,12-14,16,19,22,25,28,30-32,34,36-40,42,44-46,48,50-52,54,56-58,60,62-71H2,1-5H3/b11-9-,17-15-,20-18-,23-21-,26-24-,29-27-,35-33-,43-41-,49-47-,55-53-,61-59-. The number of rotatable bonds is 62. The fourth-order valence-electron chi connectivity index (χ4n) is 9.16. The summed E-state index contributed by atoms with van der Waals surface area (Å²) in [6.45, 7) is 4.56. The molecule has 2 atom stereocenters. The third-order valence-corrected chi connectivity index (χ3v) is 14.4. The van der Waals surface area contributed by atoms with Gasteiger partial charge in [-0.3, -0.25) is 9.59 Å². The lowest BCUT2D eigenvalue weighted by atomic mass is 10.0. The summed E-state index contributed by atoms with van der Waals surface area (Å²) in [5.74, 6) is -2.37. The minimum Gasteiger partial charge on any atom is -0.545 e. The van der Waals surface area contributed by atoms with Gasteiger partial charge in [-0.2, -0.15) is 0 Å². The van der Waals surface area contributed by atoms with Crippen molar-refractivity contribution in [2.45, 2.75) is 283 Å². The maximum absolute atomic E-state index is 12.9. The Labute approximate surface area is 522 Å². The molecular weight excluding hydrogens is 1050 g/mol. The van der Waals surface area contributed by atoms with Gasteiger partial charge in [-0.25, -0.2) is 0 Å². The number of likely N-dealkylation sites (N-methyl/N-ethyl adjacent to an activating group) is 1. The van der Waals surface area contributed by atoms with Gasteiger partial charge in [-0.05, 0) is 109 Å². The van der Waals surface area contributed by atoms with Crippen LogP contribution in [0.5, 0.6) is 0 Å². The molecule has 0 aromatic carbocycles. The molecule has 0 saturated heterocycles. The molecule has 0 rings (SSSR count). The van der Waals surface area contributed by atoms with E-state index in [9.17, 15) is 19.5 Å². The van der Waals surface area contributed by atoms with Crippen LogP contribution < -0.4 is 5.11 Å². The third-order valence-electron chi connectivity index (χ3n) is 14.4. The number of quaternary nitrogens is 1. The zero-order valence-electron chi connectivity index (χ0n) is 55.2. The van der Waals surface area contributed by atoms with Crippen LogP contribution in [-0.4, -0.2) is 82.3 Å². The first-order valence-electron chi connectivity index (χ1n) is 34.3. The molecule has 9 nitrogen and oxygen atoms in total. The minimum atomic E-state index is -1.65. The second kappa shape index (κ2) is 65.4. The fourth-order valence-corrected chi connectivity index (χ4v) is 9.16. The summed E-state index contributed by atoms with van der Waals surface area (Å²) in [5, 5.41) is 11.8. The molecule has 484 valence electrons. The van der Waals surface area contributed by atoms with Gasteiger partial charge >= 0.3 is 11.9 Å². The maximum atomic E-state index is 12.9. The minimum absolute atomic E-state index is 0.130. The fraction of sp³-hybridized carbons (Fsp3) is 0.671. The average molecular weight is 1180 g/mol. The Bertz CT molecular complexity index is 1860. The van der Waals surface area contributed by atoms with Gasteiger partial charge in [-0.1, -0.05) is 282 Å². The van der Waals surface area contributed by atoms with Gasteiger partial charge in [0.2, 0.25) is 0 Å². The molecule has 0 aliphatic rings. The number of unbranched alkanes of at least 4 members (excludes halogenated alkanes) is 25. The van der Waals surface area contributed by atoms with Gasteiger partial charge in [0.05, 0.1) is 40.3 Å². The summed E-state index contributed by atoms with van der Waals surface area (Å²) in [7, 11) is 5.90. The highest BCUT2D eigenvalue weighted by molar-refractivity contribution is 5.70. The molecule has 0 amide bonds. The highest BCUT2D eigenvalue weighted by Crippen LogP contribution is 2.16. The normalized spacial score (nSPS) is 13.6. The van der Waals surface area contributed by atoms with Gasteiger partial charge in [0.15, 0.2) is 12.4 Å². The molecule has 0 spiro atoms. The Balaban J connectivity index is 4.24. The number of carboxylic acids is 1. The molecule has 0 saturated carbocycles. The summed E-state index contributed by atoms with van der Waals surface area (Å²) in [6.07, 6.45) is 91.1. The van der Waals surface area contributed by atoms with Crippen LogP contribution in [0.2, 0.25) is 0 Å².